The molecule has 1 N–H and O–H groups in total. The molecule has 0 radical (unpaired) electrons. The number of anilines is 1. The molecule has 0 spiro atoms. The molecule has 0 unspecified atom stereocenters. The summed E-state index contributed by atoms with van der Waals surface area (Å²) in [4.78, 5) is 9.46. The molecule has 0 amide bonds. The van der Waals surface area contributed by atoms with Crippen molar-refractivity contribution in [3.05, 3.63) is 52.5 Å². The largest absolute Gasteiger partial charge is 0.370 e. The number of hydrogen-bond acceptors (Lipinski definition) is 3. The van der Waals surface area contributed by atoms with Crippen LogP contribution in [0.5, 0.6) is 0 Å². The summed E-state index contributed by atoms with van der Waals surface area (Å²) in [6.07, 6.45) is 0.777. The zero-order valence-corrected chi connectivity index (χ0v) is 13.7. The lowest BCUT2D eigenvalue weighted by atomic mass is 10.0. The first kappa shape index (κ1) is 15.5. The first-order chi connectivity index (χ1) is 10.0. The zero-order chi connectivity index (χ0) is 15.4. The summed E-state index contributed by atoms with van der Waals surface area (Å²) in [6, 6.07) is 8.53. The molecule has 3 nitrogen and oxygen atoms in total. The number of aromatic nitrogens is 2. The Labute approximate surface area is 127 Å². The summed E-state index contributed by atoms with van der Waals surface area (Å²) in [5.74, 6) is 2.30. The fourth-order valence-electron chi connectivity index (χ4n) is 2.72. The Bertz CT molecular complexity index is 618. The lowest BCUT2D eigenvalue weighted by Crippen LogP contribution is -2.11. The molecule has 0 aliphatic heterocycles. The van der Waals surface area contributed by atoms with Gasteiger partial charge in [0.2, 0.25) is 0 Å². The molecule has 0 bridgehead atoms. The number of benzene rings is 1. The molecular weight excluding hydrogens is 258 g/mol. The average Bonchev–Trinajstić information content (AvgIpc) is 2.38. The number of nitrogens with zero attached hydrogens (tertiary/aromatic N) is 2. The fourth-order valence-corrected chi connectivity index (χ4v) is 2.72. The van der Waals surface area contributed by atoms with Crippen LogP contribution in [0.25, 0.3) is 0 Å². The summed E-state index contributed by atoms with van der Waals surface area (Å²) in [5, 5.41) is 3.38. The molecule has 112 valence electrons. The summed E-state index contributed by atoms with van der Waals surface area (Å²) < 4.78 is 0. The maximum atomic E-state index is 4.75. The van der Waals surface area contributed by atoms with Gasteiger partial charge in [-0.3, -0.25) is 0 Å². The second-order valence-corrected chi connectivity index (χ2v) is 5.84. The van der Waals surface area contributed by atoms with Gasteiger partial charge in [0.25, 0.3) is 0 Å². The highest BCUT2D eigenvalue weighted by Crippen LogP contribution is 2.25. The van der Waals surface area contributed by atoms with Crippen molar-refractivity contribution in [2.24, 2.45) is 0 Å². The molecule has 3 heteroatoms. The number of nitrogens with one attached hydrogen (secondary N) is 1. The van der Waals surface area contributed by atoms with E-state index in [1.54, 1.807) is 0 Å². The van der Waals surface area contributed by atoms with Gasteiger partial charge in [0, 0.05) is 24.2 Å². The predicted molar refractivity (Wildman–Crippen MR) is 89.0 cm³/mol. The van der Waals surface area contributed by atoms with Crippen LogP contribution in [0.4, 0.5) is 5.82 Å². The number of aryl methyl sites for hydroxylation is 2. The predicted octanol–water partition coefficient (Wildman–Crippen LogP) is 4.24. The summed E-state index contributed by atoms with van der Waals surface area (Å²) in [5.41, 5.74) is 4.84. The second-order valence-electron chi connectivity index (χ2n) is 5.84. The second kappa shape index (κ2) is 6.70. The van der Waals surface area contributed by atoms with E-state index in [-0.39, 0.29) is 0 Å². The van der Waals surface area contributed by atoms with Crippen molar-refractivity contribution in [1.29, 1.82) is 0 Å². The lowest BCUT2D eigenvalue weighted by Gasteiger charge is -2.16. The zero-order valence-electron chi connectivity index (χ0n) is 13.7. The standard InChI is InChI=1S/C18H25N3/c1-6-19-18-17(12(2)3)14(5)20-16(21-18)11-15-9-7-8-13(4)10-15/h7-10,12H,6,11H2,1-5H3,(H,19,20,21). The van der Waals surface area contributed by atoms with Crippen LogP contribution < -0.4 is 5.32 Å². The number of rotatable bonds is 5. The van der Waals surface area contributed by atoms with Crippen molar-refractivity contribution < 1.29 is 0 Å². The summed E-state index contributed by atoms with van der Waals surface area (Å²) >= 11 is 0. The first-order valence-corrected chi connectivity index (χ1v) is 7.68. The van der Waals surface area contributed by atoms with Crippen LogP contribution >= 0.6 is 0 Å². The van der Waals surface area contributed by atoms with Gasteiger partial charge in [-0.1, -0.05) is 43.7 Å². The minimum atomic E-state index is 0.423. The van der Waals surface area contributed by atoms with E-state index in [0.29, 0.717) is 5.92 Å². The van der Waals surface area contributed by atoms with Crippen LogP contribution in [0.2, 0.25) is 0 Å². The molecule has 1 heterocycles. The van der Waals surface area contributed by atoms with Gasteiger partial charge < -0.3 is 5.32 Å². The molecule has 0 aliphatic carbocycles. The molecule has 0 saturated heterocycles. The molecular formula is C18H25N3. The molecule has 2 rings (SSSR count). The van der Waals surface area contributed by atoms with Gasteiger partial charge in [-0.2, -0.15) is 0 Å². The molecule has 1 aromatic heterocycles. The van der Waals surface area contributed by atoms with Crippen molar-refractivity contribution in [3.8, 4) is 0 Å². The Morgan fingerprint density at radius 2 is 1.90 bits per heavy atom. The third-order valence-corrected chi connectivity index (χ3v) is 3.55. The third kappa shape index (κ3) is 3.81. The SMILES string of the molecule is CCNc1nc(Cc2cccc(C)c2)nc(C)c1C(C)C. The highest BCUT2D eigenvalue weighted by Gasteiger charge is 2.14. The van der Waals surface area contributed by atoms with E-state index in [9.17, 15) is 0 Å². The van der Waals surface area contributed by atoms with Crippen LogP contribution in [0.15, 0.2) is 24.3 Å². The molecule has 21 heavy (non-hydrogen) atoms. The van der Waals surface area contributed by atoms with E-state index in [1.807, 2.05) is 0 Å². The van der Waals surface area contributed by atoms with E-state index in [4.69, 9.17) is 9.97 Å². The van der Waals surface area contributed by atoms with Crippen LogP contribution in [0.1, 0.15) is 54.9 Å². The summed E-state index contributed by atoms with van der Waals surface area (Å²) in [6.45, 7) is 11.5. The topological polar surface area (TPSA) is 37.8 Å². The summed E-state index contributed by atoms with van der Waals surface area (Å²) in [7, 11) is 0. The average molecular weight is 283 g/mol. The van der Waals surface area contributed by atoms with E-state index in [0.717, 1.165) is 30.3 Å². The highest BCUT2D eigenvalue weighted by atomic mass is 15.0. The fraction of sp³-hybridized carbons (Fsp3) is 0.444. The lowest BCUT2D eigenvalue weighted by molar-refractivity contribution is 0.811. The minimum absolute atomic E-state index is 0.423. The monoisotopic (exact) mass is 283 g/mol. The Morgan fingerprint density at radius 1 is 1.14 bits per heavy atom. The molecule has 0 saturated carbocycles. The van der Waals surface area contributed by atoms with Crippen molar-refractivity contribution in [2.45, 2.75) is 47.0 Å². The van der Waals surface area contributed by atoms with Gasteiger partial charge in [-0.05, 0) is 32.3 Å². The van der Waals surface area contributed by atoms with Crippen LogP contribution in [-0.2, 0) is 6.42 Å². The van der Waals surface area contributed by atoms with Gasteiger partial charge in [-0.15, -0.1) is 0 Å². The van der Waals surface area contributed by atoms with Crippen molar-refractivity contribution in [1.82, 2.24) is 9.97 Å². The molecule has 0 aliphatic rings. The van der Waals surface area contributed by atoms with Gasteiger partial charge in [-0.25, -0.2) is 9.97 Å². The molecule has 1 aromatic carbocycles. The smallest absolute Gasteiger partial charge is 0.135 e. The van der Waals surface area contributed by atoms with Crippen LogP contribution in [0.3, 0.4) is 0 Å². The maximum Gasteiger partial charge on any atom is 0.135 e. The minimum Gasteiger partial charge on any atom is -0.370 e. The molecule has 0 fully saturated rings. The number of hydrogen-bond donors (Lipinski definition) is 1. The van der Waals surface area contributed by atoms with Crippen molar-refractivity contribution >= 4 is 5.82 Å². The Morgan fingerprint density at radius 3 is 2.52 bits per heavy atom. The molecule has 2 aromatic rings. The normalized spacial score (nSPS) is 11.0. The van der Waals surface area contributed by atoms with E-state index >= 15 is 0 Å². The van der Waals surface area contributed by atoms with Gasteiger partial charge in [0.05, 0.1) is 0 Å². The van der Waals surface area contributed by atoms with E-state index in [1.165, 1.54) is 16.7 Å². The first-order valence-electron chi connectivity index (χ1n) is 7.68. The van der Waals surface area contributed by atoms with Gasteiger partial charge in [0.1, 0.15) is 11.6 Å². The Balaban J connectivity index is 2.36. The van der Waals surface area contributed by atoms with Crippen molar-refractivity contribution in [3.63, 3.8) is 0 Å². The Hall–Kier alpha value is -1.90. The van der Waals surface area contributed by atoms with E-state index < -0.39 is 0 Å². The van der Waals surface area contributed by atoms with E-state index in [2.05, 4.69) is 64.2 Å². The molecule has 0 atom stereocenters. The highest BCUT2D eigenvalue weighted by molar-refractivity contribution is 5.48. The quantitative estimate of drug-likeness (QED) is 0.892. The van der Waals surface area contributed by atoms with Gasteiger partial charge in [0.15, 0.2) is 0 Å². The van der Waals surface area contributed by atoms with Gasteiger partial charge >= 0.3 is 0 Å². The van der Waals surface area contributed by atoms with Crippen molar-refractivity contribution in [2.75, 3.05) is 11.9 Å². The van der Waals surface area contributed by atoms with Crippen LogP contribution in [-0.4, -0.2) is 16.5 Å². The van der Waals surface area contributed by atoms with Crippen LogP contribution in [0, 0.1) is 13.8 Å². The third-order valence-electron chi connectivity index (χ3n) is 3.55. The Kier molecular flexibility index (Phi) is 4.94. The maximum absolute atomic E-state index is 4.75.